The summed E-state index contributed by atoms with van der Waals surface area (Å²) < 4.78 is 33.2. The predicted molar refractivity (Wildman–Crippen MR) is 144 cm³/mol. The maximum atomic E-state index is 13.1. The first kappa shape index (κ1) is 26.2. The average molecular weight is 512 g/mol. The highest BCUT2D eigenvalue weighted by molar-refractivity contribution is 7.92. The second-order valence-corrected chi connectivity index (χ2v) is 9.93. The van der Waals surface area contributed by atoms with Crippen LogP contribution in [-0.4, -0.2) is 32.6 Å². The largest absolute Gasteiger partial charge is 0.494 e. The minimum atomic E-state index is -3.72. The molecule has 0 saturated carbocycles. The molecule has 0 unspecified atom stereocenters. The number of sulfonamides is 1. The number of unbranched alkanes of at least 4 members (excludes halogenated alkanes) is 1. The second kappa shape index (κ2) is 12.3. The van der Waals surface area contributed by atoms with Gasteiger partial charge in [-0.25, -0.2) is 8.42 Å². The lowest BCUT2D eigenvalue weighted by Crippen LogP contribution is -2.34. The van der Waals surface area contributed by atoms with Gasteiger partial charge in [-0.2, -0.15) is 0 Å². The van der Waals surface area contributed by atoms with Crippen LogP contribution in [0.25, 0.3) is 0 Å². The number of anilines is 2. The zero-order valence-corrected chi connectivity index (χ0v) is 21.4. The third-order valence-electron chi connectivity index (χ3n) is 5.14. The molecule has 0 bridgehead atoms. The molecule has 3 aromatic carbocycles. The number of thiocarbonyl (C=S) groups is 1. The third-order valence-corrected chi connectivity index (χ3v) is 7.26. The average Bonchev–Trinajstić information content (AvgIpc) is 2.86. The highest BCUT2D eigenvalue weighted by Gasteiger charge is 2.23. The topological polar surface area (TPSA) is 87.7 Å². The number of nitrogens with zero attached hydrogens (tertiary/aromatic N) is 1. The molecular formula is C26H29N3O4S2. The lowest BCUT2D eigenvalue weighted by Gasteiger charge is -2.23. The van der Waals surface area contributed by atoms with Crippen LogP contribution in [-0.2, 0) is 10.0 Å². The Morgan fingerprint density at radius 1 is 0.943 bits per heavy atom. The molecule has 0 radical (unpaired) electrons. The number of amides is 1. The minimum absolute atomic E-state index is 0.105. The molecule has 1 amide bonds. The molecule has 0 fully saturated rings. The van der Waals surface area contributed by atoms with E-state index in [2.05, 4.69) is 17.6 Å². The van der Waals surface area contributed by atoms with Crippen LogP contribution in [0.1, 0.15) is 37.0 Å². The number of hydrogen-bond donors (Lipinski definition) is 2. The van der Waals surface area contributed by atoms with Crippen LogP contribution >= 0.6 is 12.2 Å². The maximum Gasteiger partial charge on any atom is 0.264 e. The number of benzene rings is 3. The van der Waals surface area contributed by atoms with Crippen molar-refractivity contribution in [2.24, 2.45) is 0 Å². The van der Waals surface area contributed by atoms with Crippen LogP contribution in [0.5, 0.6) is 5.75 Å². The summed E-state index contributed by atoms with van der Waals surface area (Å²) in [6.45, 7) is 4.82. The fourth-order valence-corrected chi connectivity index (χ4v) is 4.98. The van der Waals surface area contributed by atoms with E-state index in [1.807, 2.05) is 6.07 Å². The summed E-state index contributed by atoms with van der Waals surface area (Å²) in [5, 5.41) is 5.64. The van der Waals surface area contributed by atoms with E-state index in [1.165, 1.54) is 16.4 Å². The van der Waals surface area contributed by atoms with E-state index in [4.69, 9.17) is 17.0 Å². The monoisotopic (exact) mass is 511 g/mol. The molecule has 184 valence electrons. The molecule has 3 aromatic rings. The predicted octanol–water partition coefficient (Wildman–Crippen LogP) is 5.21. The van der Waals surface area contributed by atoms with E-state index in [0.29, 0.717) is 35.8 Å². The number of ether oxygens (including phenoxy) is 1. The molecule has 3 rings (SSSR count). The standard InChI is InChI=1S/C26H29N3O4S2/c1-3-5-19-33-23-15-11-20(12-16-23)25(30)28-26(34)27-21-13-17-24(18-14-21)35(31,32)29(4-2)22-9-7-6-8-10-22/h6-18H,3-5,19H2,1-2H3,(H2,27,28,30,34). The smallest absolute Gasteiger partial charge is 0.264 e. The van der Waals surface area contributed by atoms with Crippen molar-refractivity contribution in [2.45, 2.75) is 31.6 Å². The van der Waals surface area contributed by atoms with Crippen molar-refractivity contribution >= 4 is 44.6 Å². The lowest BCUT2D eigenvalue weighted by molar-refractivity contribution is 0.0977. The Balaban J connectivity index is 1.60. The van der Waals surface area contributed by atoms with Crippen LogP contribution in [0.4, 0.5) is 11.4 Å². The molecule has 0 heterocycles. The van der Waals surface area contributed by atoms with Gasteiger partial charge in [0.25, 0.3) is 15.9 Å². The van der Waals surface area contributed by atoms with Gasteiger partial charge < -0.3 is 10.1 Å². The van der Waals surface area contributed by atoms with Crippen LogP contribution < -0.4 is 19.7 Å². The number of rotatable bonds is 10. The van der Waals surface area contributed by atoms with Crippen molar-refractivity contribution in [3.63, 3.8) is 0 Å². The molecule has 0 spiro atoms. The first-order valence-corrected chi connectivity index (χ1v) is 13.2. The van der Waals surface area contributed by atoms with E-state index in [0.717, 1.165) is 12.8 Å². The zero-order chi connectivity index (χ0) is 25.3. The Morgan fingerprint density at radius 2 is 1.60 bits per heavy atom. The van der Waals surface area contributed by atoms with E-state index in [9.17, 15) is 13.2 Å². The van der Waals surface area contributed by atoms with Gasteiger partial charge in [0.05, 0.1) is 17.2 Å². The summed E-state index contributed by atoms with van der Waals surface area (Å²) in [6.07, 6.45) is 2.02. The van der Waals surface area contributed by atoms with Gasteiger partial charge in [-0.05, 0) is 86.2 Å². The van der Waals surface area contributed by atoms with Crippen molar-refractivity contribution in [3.05, 3.63) is 84.4 Å². The van der Waals surface area contributed by atoms with Gasteiger partial charge in [0.2, 0.25) is 0 Å². The quantitative estimate of drug-likeness (QED) is 0.287. The third kappa shape index (κ3) is 7.03. The molecule has 35 heavy (non-hydrogen) atoms. The summed E-state index contributed by atoms with van der Waals surface area (Å²) >= 11 is 5.24. The molecule has 0 atom stereocenters. The summed E-state index contributed by atoms with van der Waals surface area (Å²) in [6, 6.07) is 22.0. The van der Waals surface area contributed by atoms with Gasteiger partial charge in [-0.3, -0.25) is 14.4 Å². The lowest BCUT2D eigenvalue weighted by atomic mass is 10.2. The van der Waals surface area contributed by atoms with E-state index in [-0.39, 0.29) is 15.9 Å². The van der Waals surface area contributed by atoms with Crippen LogP contribution in [0.3, 0.4) is 0 Å². The number of hydrogen-bond acceptors (Lipinski definition) is 5. The molecule has 0 aliphatic carbocycles. The zero-order valence-electron chi connectivity index (χ0n) is 19.7. The number of para-hydroxylation sites is 1. The molecular weight excluding hydrogens is 482 g/mol. The molecule has 0 aliphatic rings. The van der Waals surface area contributed by atoms with Crippen molar-refractivity contribution in [3.8, 4) is 5.75 Å². The second-order valence-electron chi connectivity index (χ2n) is 7.66. The SMILES string of the molecule is CCCCOc1ccc(C(=O)NC(=S)Nc2ccc(S(=O)(=O)N(CC)c3ccccc3)cc2)cc1. The Kier molecular flexibility index (Phi) is 9.22. The molecule has 0 saturated heterocycles. The fourth-order valence-electron chi connectivity index (χ4n) is 3.30. The van der Waals surface area contributed by atoms with Crippen molar-refractivity contribution in [2.75, 3.05) is 22.8 Å². The normalized spacial score (nSPS) is 10.9. The Labute approximate surface area is 212 Å². The number of carbonyl (C=O) groups excluding carboxylic acids is 1. The maximum absolute atomic E-state index is 13.1. The van der Waals surface area contributed by atoms with E-state index in [1.54, 1.807) is 67.6 Å². The van der Waals surface area contributed by atoms with Crippen LogP contribution in [0.2, 0.25) is 0 Å². The molecule has 7 nitrogen and oxygen atoms in total. The van der Waals surface area contributed by atoms with E-state index >= 15 is 0 Å². The Bertz CT molecular complexity index is 1230. The first-order chi connectivity index (χ1) is 16.8. The van der Waals surface area contributed by atoms with Gasteiger partial charge in [0.15, 0.2) is 5.11 Å². The summed E-state index contributed by atoms with van der Waals surface area (Å²) in [4.78, 5) is 12.6. The van der Waals surface area contributed by atoms with Crippen LogP contribution in [0.15, 0.2) is 83.8 Å². The molecule has 9 heteroatoms. The Morgan fingerprint density at radius 3 is 2.20 bits per heavy atom. The highest BCUT2D eigenvalue weighted by atomic mass is 32.2. The van der Waals surface area contributed by atoms with Gasteiger partial charge in [0.1, 0.15) is 5.75 Å². The van der Waals surface area contributed by atoms with Gasteiger partial charge in [-0.1, -0.05) is 31.5 Å². The number of nitrogens with one attached hydrogen (secondary N) is 2. The van der Waals surface area contributed by atoms with Gasteiger partial charge in [-0.15, -0.1) is 0 Å². The fraction of sp³-hybridized carbons (Fsp3) is 0.231. The van der Waals surface area contributed by atoms with Crippen molar-refractivity contribution in [1.82, 2.24) is 5.32 Å². The molecule has 0 aromatic heterocycles. The van der Waals surface area contributed by atoms with E-state index < -0.39 is 10.0 Å². The summed E-state index contributed by atoms with van der Waals surface area (Å²) in [7, 11) is -3.72. The van der Waals surface area contributed by atoms with Gasteiger partial charge >= 0.3 is 0 Å². The summed E-state index contributed by atoms with van der Waals surface area (Å²) in [5.74, 6) is 0.350. The molecule has 0 aliphatic heterocycles. The van der Waals surface area contributed by atoms with Crippen LogP contribution in [0, 0.1) is 0 Å². The number of carbonyl (C=O) groups is 1. The minimum Gasteiger partial charge on any atom is -0.494 e. The van der Waals surface area contributed by atoms with Gasteiger partial charge in [0, 0.05) is 17.8 Å². The first-order valence-electron chi connectivity index (χ1n) is 11.4. The Hall–Kier alpha value is -3.43. The highest BCUT2D eigenvalue weighted by Crippen LogP contribution is 2.24. The molecule has 2 N–H and O–H groups in total. The summed E-state index contributed by atoms with van der Waals surface area (Å²) in [5.41, 5.74) is 1.59. The van der Waals surface area contributed by atoms with Crippen molar-refractivity contribution < 1.29 is 17.9 Å². The van der Waals surface area contributed by atoms with Crippen molar-refractivity contribution in [1.29, 1.82) is 0 Å².